The van der Waals surface area contributed by atoms with E-state index in [2.05, 4.69) is 27.4 Å². The monoisotopic (exact) mass is 519 g/mol. The van der Waals surface area contributed by atoms with Gasteiger partial charge in [0.25, 0.3) is 5.91 Å². The van der Waals surface area contributed by atoms with Gasteiger partial charge in [-0.15, -0.1) is 0 Å². The summed E-state index contributed by atoms with van der Waals surface area (Å²) in [6, 6.07) is 14.9. The number of halogens is 1. The van der Waals surface area contributed by atoms with Gasteiger partial charge < -0.3 is 15.0 Å². The second-order valence-corrected chi connectivity index (χ2v) is 10.2. The Kier molecular flexibility index (Phi) is 7.74. The van der Waals surface area contributed by atoms with E-state index in [1.54, 1.807) is 36.9 Å². The van der Waals surface area contributed by atoms with E-state index in [0.717, 1.165) is 56.8 Å². The van der Waals surface area contributed by atoms with Crippen molar-refractivity contribution in [1.82, 2.24) is 24.9 Å². The Morgan fingerprint density at radius 3 is 2.45 bits per heavy atom. The summed E-state index contributed by atoms with van der Waals surface area (Å²) in [6.07, 6.45) is 2.22. The number of benzene rings is 2. The van der Waals surface area contributed by atoms with E-state index < -0.39 is 5.82 Å². The van der Waals surface area contributed by atoms with Crippen molar-refractivity contribution < 1.29 is 18.7 Å². The fourth-order valence-electron chi connectivity index (χ4n) is 4.73. The first kappa shape index (κ1) is 25.9. The van der Waals surface area contributed by atoms with E-state index >= 15 is 4.39 Å². The number of hydrogen-bond acceptors (Lipinski definition) is 5. The Balaban J connectivity index is 1.12. The highest BCUT2D eigenvalue weighted by molar-refractivity contribution is 5.92. The number of carbonyl (C=O) groups is 2. The summed E-state index contributed by atoms with van der Waals surface area (Å²) in [5, 5.41) is 7.22. The van der Waals surface area contributed by atoms with Crippen LogP contribution in [0.2, 0.25) is 0 Å². The Morgan fingerprint density at radius 2 is 1.76 bits per heavy atom. The molecule has 8 nitrogen and oxygen atoms in total. The molecule has 0 unspecified atom stereocenters. The van der Waals surface area contributed by atoms with Crippen molar-refractivity contribution in [2.24, 2.45) is 7.05 Å². The molecule has 2 amide bonds. The smallest absolute Gasteiger partial charge is 0.269 e. The second kappa shape index (κ2) is 11.3. The molecular weight excluding hydrogens is 485 g/mol. The molecule has 0 atom stereocenters. The van der Waals surface area contributed by atoms with E-state index in [0.29, 0.717) is 17.2 Å². The molecule has 0 radical (unpaired) electrons. The average Bonchev–Trinajstić information content (AvgIpc) is 3.69. The maximum Gasteiger partial charge on any atom is 0.269 e. The number of piperazine rings is 1. The van der Waals surface area contributed by atoms with Crippen LogP contribution in [0.15, 0.2) is 48.5 Å². The van der Waals surface area contributed by atoms with Gasteiger partial charge >= 0.3 is 0 Å². The van der Waals surface area contributed by atoms with Crippen molar-refractivity contribution in [2.45, 2.75) is 45.4 Å². The van der Waals surface area contributed by atoms with Crippen LogP contribution in [0.5, 0.6) is 5.75 Å². The number of ether oxygens (including phenoxy) is 1. The van der Waals surface area contributed by atoms with Crippen molar-refractivity contribution in [1.29, 1.82) is 0 Å². The van der Waals surface area contributed by atoms with Gasteiger partial charge in [-0.3, -0.25) is 19.2 Å². The van der Waals surface area contributed by atoms with Crippen LogP contribution < -0.4 is 10.1 Å². The lowest BCUT2D eigenvalue weighted by atomic mass is 10.1. The molecule has 2 heterocycles. The standard InChI is InChI=1S/C29H34FN5O3/c1-20(36)35-14-12-34(13-15-35)18-21-6-8-22(9-7-21)19-38-27-5-3-4-24(28(27)30)17-31-29(37)26-16-25(23-10-11-23)32-33(26)2/h3-9,16,23H,10-15,17-19H2,1-2H3,(H,31,37). The first-order valence-electron chi connectivity index (χ1n) is 13.2. The molecule has 5 rings (SSSR count). The van der Waals surface area contributed by atoms with Crippen molar-refractivity contribution in [3.05, 3.63) is 82.4 Å². The van der Waals surface area contributed by atoms with Gasteiger partial charge in [-0.05, 0) is 36.1 Å². The fraction of sp³-hybridized carbons (Fsp3) is 0.414. The zero-order chi connectivity index (χ0) is 26.6. The summed E-state index contributed by atoms with van der Waals surface area (Å²) in [6.45, 7) is 6.00. The Hall–Kier alpha value is -3.72. The normalized spacial score (nSPS) is 15.9. The quantitative estimate of drug-likeness (QED) is 0.467. The Bertz CT molecular complexity index is 1290. The number of hydrogen-bond donors (Lipinski definition) is 1. The van der Waals surface area contributed by atoms with Gasteiger partial charge in [0, 0.05) is 64.7 Å². The highest BCUT2D eigenvalue weighted by Gasteiger charge is 2.28. The number of aromatic nitrogens is 2. The first-order valence-corrected chi connectivity index (χ1v) is 13.2. The van der Waals surface area contributed by atoms with E-state index in [4.69, 9.17) is 4.74 Å². The minimum absolute atomic E-state index is 0.0567. The predicted octanol–water partition coefficient (Wildman–Crippen LogP) is 3.61. The van der Waals surface area contributed by atoms with Crippen LogP contribution in [-0.2, 0) is 31.5 Å². The van der Waals surface area contributed by atoms with Crippen molar-refractivity contribution in [3.8, 4) is 5.75 Å². The van der Waals surface area contributed by atoms with Crippen LogP contribution in [0.25, 0.3) is 0 Å². The zero-order valence-corrected chi connectivity index (χ0v) is 22.0. The van der Waals surface area contributed by atoms with E-state index in [1.807, 2.05) is 23.1 Å². The van der Waals surface area contributed by atoms with Crippen molar-refractivity contribution in [2.75, 3.05) is 26.2 Å². The molecule has 2 fully saturated rings. The number of rotatable bonds is 9. The molecule has 1 saturated heterocycles. The molecule has 1 aliphatic heterocycles. The SMILES string of the molecule is CC(=O)N1CCN(Cc2ccc(COc3cccc(CNC(=O)c4cc(C5CC5)nn4C)c3F)cc2)CC1. The largest absolute Gasteiger partial charge is 0.486 e. The highest BCUT2D eigenvalue weighted by atomic mass is 19.1. The lowest BCUT2D eigenvalue weighted by Gasteiger charge is -2.34. The lowest BCUT2D eigenvalue weighted by molar-refractivity contribution is -0.130. The molecule has 2 aromatic carbocycles. The van der Waals surface area contributed by atoms with Gasteiger partial charge in [-0.2, -0.15) is 5.10 Å². The van der Waals surface area contributed by atoms with Gasteiger partial charge in [0.1, 0.15) is 12.3 Å². The number of aryl methyl sites for hydroxylation is 1. The molecule has 200 valence electrons. The minimum atomic E-state index is -0.474. The highest BCUT2D eigenvalue weighted by Crippen LogP contribution is 2.39. The van der Waals surface area contributed by atoms with Crippen LogP contribution in [0, 0.1) is 5.82 Å². The maximum absolute atomic E-state index is 15.1. The first-order chi connectivity index (χ1) is 18.4. The van der Waals surface area contributed by atoms with E-state index in [1.165, 1.54) is 5.56 Å². The third-order valence-corrected chi connectivity index (χ3v) is 7.25. The molecule has 1 aliphatic carbocycles. The van der Waals surface area contributed by atoms with Gasteiger partial charge in [0.05, 0.1) is 5.69 Å². The molecule has 1 N–H and O–H groups in total. The summed E-state index contributed by atoms with van der Waals surface area (Å²) >= 11 is 0. The summed E-state index contributed by atoms with van der Waals surface area (Å²) in [5.74, 6) is -0.00964. The molecule has 9 heteroatoms. The van der Waals surface area contributed by atoms with Gasteiger partial charge in [-0.25, -0.2) is 4.39 Å². The van der Waals surface area contributed by atoms with Gasteiger partial charge in [0.2, 0.25) is 5.91 Å². The van der Waals surface area contributed by atoms with Crippen LogP contribution >= 0.6 is 0 Å². The molecule has 3 aromatic rings. The summed E-state index contributed by atoms with van der Waals surface area (Å²) in [7, 11) is 1.75. The molecule has 1 saturated carbocycles. The van der Waals surface area contributed by atoms with Crippen LogP contribution in [0.4, 0.5) is 4.39 Å². The second-order valence-electron chi connectivity index (χ2n) is 10.2. The van der Waals surface area contributed by atoms with E-state index in [9.17, 15) is 9.59 Å². The molecular formula is C29H34FN5O3. The third kappa shape index (κ3) is 6.22. The molecule has 0 spiro atoms. The fourth-order valence-corrected chi connectivity index (χ4v) is 4.73. The Labute approximate surface area is 222 Å². The zero-order valence-electron chi connectivity index (χ0n) is 22.0. The van der Waals surface area contributed by atoms with Crippen LogP contribution in [-0.4, -0.2) is 57.6 Å². The van der Waals surface area contributed by atoms with Crippen molar-refractivity contribution >= 4 is 11.8 Å². The Morgan fingerprint density at radius 1 is 1.05 bits per heavy atom. The molecule has 2 aliphatic rings. The maximum atomic E-state index is 15.1. The summed E-state index contributed by atoms with van der Waals surface area (Å²) < 4.78 is 22.5. The predicted molar refractivity (Wildman–Crippen MR) is 141 cm³/mol. The average molecular weight is 520 g/mol. The summed E-state index contributed by atoms with van der Waals surface area (Å²) in [5.41, 5.74) is 3.91. The lowest BCUT2D eigenvalue weighted by Crippen LogP contribution is -2.47. The number of amides is 2. The minimum Gasteiger partial charge on any atom is -0.486 e. The van der Waals surface area contributed by atoms with Gasteiger partial charge in [0.15, 0.2) is 11.6 Å². The van der Waals surface area contributed by atoms with Gasteiger partial charge in [-0.1, -0.05) is 36.4 Å². The number of carbonyl (C=O) groups excluding carboxylic acids is 2. The van der Waals surface area contributed by atoms with Crippen LogP contribution in [0.3, 0.4) is 0 Å². The molecule has 0 bridgehead atoms. The third-order valence-electron chi connectivity index (χ3n) is 7.25. The number of nitrogens with one attached hydrogen (secondary N) is 1. The summed E-state index contributed by atoms with van der Waals surface area (Å²) in [4.78, 5) is 28.4. The van der Waals surface area contributed by atoms with E-state index in [-0.39, 0.29) is 30.7 Å². The molecule has 1 aromatic heterocycles. The van der Waals surface area contributed by atoms with Crippen LogP contribution in [0.1, 0.15) is 58.6 Å². The molecule has 38 heavy (non-hydrogen) atoms. The number of nitrogens with zero attached hydrogens (tertiary/aromatic N) is 4. The topological polar surface area (TPSA) is 79.7 Å². The van der Waals surface area contributed by atoms with Crippen molar-refractivity contribution in [3.63, 3.8) is 0 Å².